The first-order chi connectivity index (χ1) is 6.95. The van der Waals surface area contributed by atoms with Gasteiger partial charge < -0.3 is 12.7 Å². The SMILES string of the molecule is [CH3-].[W+2].[c-]1ccc(C2C3CC[C@@H]2CNC3)cc1. The van der Waals surface area contributed by atoms with Crippen molar-refractivity contribution in [3.05, 3.63) is 43.3 Å². The monoisotopic (exact) mass is 385 g/mol. The fraction of sp³-hybridized carbons (Fsp3) is 0.500. The van der Waals surface area contributed by atoms with E-state index in [4.69, 9.17) is 0 Å². The van der Waals surface area contributed by atoms with E-state index < -0.39 is 0 Å². The number of fused-ring (bicyclic) bond motifs is 2. The summed E-state index contributed by atoms with van der Waals surface area (Å²) in [6, 6.07) is 11.7. The molecule has 2 fully saturated rings. The molecule has 1 nitrogen and oxygen atoms in total. The van der Waals surface area contributed by atoms with Crippen LogP contribution in [0.5, 0.6) is 0 Å². The second-order valence-corrected chi connectivity index (χ2v) is 4.61. The molecular formula is C14H19NW. The largest absolute Gasteiger partial charge is 2.00 e. The quantitative estimate of drug-likeness (QED) is 0.734. The number of rotatable bonds is 1. The molecule has 2 unspecified atom stereocenters. The van der Waals surface area contributed by atoms with Crippen LogP contribution in [0.2, 0.25) is 0 Å². The van der Waals surface area contributed by atoms with Crippen LogP contribution in [0.3, 0.4) is 0 Å². The Morgan fingerprint density at radius 3 is 2.19 bits per heavy atom. The Morgan fingerprint density at radius 1 is 1.06 bits per heavy atom. The van der Waals surface area contributed by atoms with Crippen molar-refractivity contribution in [1.82, 2.24) is 5.32 Å². The summed E-state index contributed by atoms with van der Waals surface area (Å²) in [6.45, 7) is 2.44. The third-order valence-electron chi connectivity index (χ3n) is 3.87. The third-order valence-corrected chi connectivity index (χ3v) is 3.87. The van der Waals surface area contributed by atoms with Crippen LogP contribution in [0, 0.1) is 25.3 Å². The first kappa shape index (κ1) is 13.9. The fourth-order valence-electron chi connectivity index (χ4n) is 3.25. The van der Waals surface area contributed by atoms with Gasteiger partial charge in [0.05, 0.1) is 0 Å². The molecule has 2 bridgehead atoms. The molecule has 3 rings (SSSR count). The molecule has 1 heterocycles. The van der Waals surface area contributed by atoms with Crippen LogP contribution in [0.25, 0.3) is 0 Å². The topological polar surface area (TPSA) is 12.0 Å². The van der Waals surface area contributed by atoms with Gasteiger partial charge in [0.1, 0.15) is 0 Å². The van der Waals surface area contributed by atoms with E-state index in [2.05, 4.69) is 35.6 Å². The first-order valence-corrected chi connectivity index (χ1v) is 5.62. The Bertz CT molecular complexity index is 296. The maximum Gasteiger partial charge on any atom is 2.00 e. The van der Waals surface area contributed by atoms with E-state index in [1.807, 2.05) is 0 Å². The average Bonchev–Trinajstić information content (AvgIpc) is 2.50. The maximum absolute atomic E-state index is 3.54. The molecule has 0 radical (unpaired) electrons. The summed E-state index contributed by atoms with van der Waals surface area (Å²) in [4.78, 5) is 0. The van der Waals surface area contributed by atoms with Crippen molar-refractivity contribution in [2.45, 2.75) is 18.8 Å². The summed E-state index contributed by atoms with van der Waals surface area (Å²) in [7, 11) is 0. The van der Waals surface area contributed by atoms with Crippen molar-refractivity contribution in [2.75, 3.05) is 13.1 Å². The first-order valence-electron chi connectivity index (χ1n) is 5.62. The minimum absolute atomic E-state index is 0. The van der Waals surface area contributed by atoms with Crippen LogP contribution < -0.4 is 5.32 Å². The molecule has 3 atom stereocenters. The zero-order chi connectivity index (χ0) is 9.38. The molecule has 2 aliphatic rings. The number of benzene rings is 1. The van der Waals surface area contributed by atoms with Crippen LogP contribution in [0.1, 0.15) is 24.3 Å². The van der Waals surface area contributed by atoms with E-state index >= 15 is 0 Å². The van der Waals surface area contributed by atoms with Crippen LogP contribution in [-0.4, -0.2) is 13.1 Å². The molecular weight excluding hydrogens is 366 g/mol. The Morgan fingerprint density at radius 2 is 1.62 bits per heavy atom. The van der Waals surface area contributed by atoms with Gasteiger partial charge in [-0.2, -0.15) is 35.9 Å². The fourth-order valence-corrected chi connectivity index (χ4v) is 3.25. The average molecular weight is 385 g/mol. The smallest absolute Gasteiger partial charge is 0.358 e. The van der Waals surface area contributed by atoms with Gasteiger partial charge in [0.15, 0.2) is 0 Å². The van der Waals surface area contributed by atoms with Gasteiger partial charge in [-0.25, -0.2) is 0 Å². The van der Waals surface area contributed by atoms with Gasteiger partial charge in [0.2, 0.25) is 0 Å². The standard InChI is InChI=1S/C13H16N.CH3.W/c1-2-4-10(5-3-1)13-11-6-7-12(13)9-14-8-11;;/h2-5,11-14H,6-9H2;1H3;/q2*-1;+2/t11-,12?,13?;;/m1../s1. The number of nitrogens with one attached hydrogen (secondary N) is 1. The van der Waals surface area contributed by atoms with Gasteiger partial charge in [-0.15, -0.1) is 0 Å². The molecule has 86 valence electrons. The predicted molar refractivity (Wildman–Crippen MR) is 63.5 cm³/mol. The second kappa shape index (κ2) is 5.98. The molecule has 2 heteroatoms. The Balaban J connectivity index is 0.000000640. The Hall–Kier alpha value is -0.132. The third kappa shape index (κ3) is 2.41. The molecule has 1 aromatic rings. The van der Waals surface area contributed by atoms with E-state index in [0.717, 1.165) is 17.8 Å². The second-order valence-electron chi connectivity index (χ2n) is 4.61. The molecule has 0 aromatic heterocycles. The van der Waals surface area contributed by atoms with Crippen LogP contribution >= 0.6 is 0 Å². The van der Waals surface area contributed by atoms with Gasteiger partial charge in [-0.05, 0) is 43.7 Å². The van der Waals surface area contributed by atoms with Crippen LogP contribution in [-0.2, 0) is 21.1 Å². The molecule has 1 N–H and O–H groups in total. The molecule has 0 amide bonds. The summed E-state index contributed by atoms with van der Waals surface area (Å²) in [6.07, 6.45) is 2.84. The zero-order valence-electron chi connectivity index (χ0n) is 9.78. The van der Waals surface area contributed by atoms with Gasteiger partial charge in [0, 0.05) is 0 Å². The zero-order valence-corrected chi connectivity index (χ0v) is 12.7. The van der Waals surface area contributed by atoms with Crippen molar-refractivity contribution in [2.24, 2.45) is 11.8 Å². The minimum Gasteiger partial charge on any atom is -0.358 e. The molecule has 1 saturated heterocycles. The van der Waals surface area contributed by atoms with E-state index in [1.54, 1.807) is 0 Å². The van der Waals surface area contributed by atoms with Crippen molar-refractivity contribution < 1.29 is 21.1 Å². The van der Waals surface area contributed by atoms with Gasteiger partial charge in [-0.1, -0.05) is 0 Å². The van der Waals surface area contributed by atoms with Crippen molar-refractivity contribution >= 4 is 0 Å². The minimum atomic E-state index is 0. The summed E-state index contributed by atoms with van der Waals surface area (Å²) < 4.78 is 0. The van der Waals surface area contributed by atoms with Gasteiger partial charge >= 0.3 is 21.1 Å². The molecule has 1 saturated carbocycles. The van der Waals surface area contributed by atoms with Crippen molar-refractivity contribution in [3.63, 3.8) is 0 Å². The van der Waals surface area contributed by atoms with E-state index in [0.29, 0.717) is 0 Å². The number of piperidine rings is 1. The summed E-state index contributed by atoms with van der Waals surface area (Å²) in [5.41, 5.74) is 1.54. The number of hydrogen-bond donors (Lipinski definition) is 1. The predicted octanol–water partition coefficient (Wildman–Crippen LogP) is 2.65. The molecule has 0 spiro atoms. The summed E-state index contributed by atoms with van der Waals surface area (Å²) in [5.74, 6) is 2.60. The van der Waals surface area contributed by atoms with Crippen LogP contribution in [0.4, 0.5) is 0 Å². The van der Waals surface area contributed by atoms with Crippen molar-refractivity contribution in [3.8, 4) is 0 Å². The summed E-state index contributed by atoms with van der Waals surface area (Å²) in [5, 5.41) is 3.54. The molecule has 1 aromatic carbocycles. The van der Waals surface area contributed by atoms with Crippen molar-refractivity contribution in [1.29, 1.82) is 0 Å². The Kier molecular flexibility index (Phi) is 5.21. The molecule has 1 aliphatic carbocycles. The molecule has 16 heavy (non-hydrogen) atoms. The molecule has 1 aliphatic heterocycles. The van der Waals surface area contributed by atoms with Gasteiger partial charge in [-0.3, -0.25) is 0 Å². The Labute approximate surface area is 113 Å². The van der Waals surface area contributed by atoms with E-state index in [1.165, 1.54) is 31.5 Å². The van der Waals surface area contributed by atoms with E-state index in [9.17, 15) is 0 Å². The normalized spacial score (nSPS) is 31.4. The maximum atomic E-state index is 3.54. The number of hydrogen-bond acceptors (Lipinski definition) is 1. The van der Waals surface area contributed by atoms with E-state index in [-0.39, 0.29) is 28.5 Å². The summed E-state index contributed by atoms with van der Waals surface area (Å²) >= 11 is 0. The van der Waals surface area contributed by atoms with Crippen LogP contribution in [0.15, 0.2) is 24.3 Å². The van der Waals surface area contributed by atoms with Gasteiger partial charge in [0.25, 0.3) is 0 Å².